The van der Waals surface area contributed by atoms with Crippen LogP contribution >= 0.6 is 11.6 Å². The number of aliphatic hydroxyl groups is 1. The summed E-state index contributed by atoms with van der Waals surface area (Å²) in [6, 6.07) is 3.04. The molecule has 0 aromatic carbocycles. The normalized spacial score (nSPS) is 13.8. The number of nitrogens with zero attached hydrogens (tertiary/aromatic N) is 1. The van der Waals surface area contributed by atoms with E-state index in [9.17, 15) is 18.3 Å². The summed E-state index contributed by atoms with van der Waals surface area (Å²) in [5.74, 6) is 0. The number of aliphatic hydroxyl groups excluding tert-OH is 1. The molecule has 0 spiro atoms. The van der Waals surface area contributed by atoms with E-state index in [0.717, 1.165) is 0 Å². The van der Waals surface area contributed by atoms with Gasteiger partial charge in [-0.05, 0) is 25.0 Å². The van der Waals surface area contributed by atoms with Crippen molar-refractivity contribution in [1.29, 1.82) is 0 Å². The van der Waals surface area contributed by atoms with Gasteiger partial charge in [0.2, 0.25) is 0 Å². The molecule has 0 saturated carbocycles. The number of alkyl halides is 3. The molecule has 1 atom stereocenters. The van der Waals surface area contributed by atoms with Crippen molar-refractivity contribution < 1.29 is 18.3 Å². The third-order valence-corrected chi connectivity index (χ3v) is 2.25. The van der Waals surface area contributed by atoms with E-state index in [1.54, 1.807) is 0 Å². The fourth-order valence-corrected chi connectivity index (χ4v) is 1.34. The van der Waals surface area contributed by atoms with E-state index >= 15 is 0 Å². The van der Waals surface area contributed by atoms with E-state index < -0.39 is 18.7 Å². The molecule has 1 aromatic rings. The van der Waals surface area contributed by atoms with Gasteiger partial charge in [0.25, 0.3) is 0 Å². The van der Waals surface area contributed by atoms with Gasteiger partial charge in [0.1, 0.15) is 0 Å². The number of halogens is 4. The second-order valence-electron chi connectivity index (χ2n) is 3.42. The Bertz CT molecular complexity index is 326. The lowest BCUT2D eigenvalue weighted by molar-refractivity contribution is -0.136. The van der Waals surface area contributed by atoms with Crippen molar-refractivity contribution in [1.82, 2.24) is 4.98 Å². The van der Waals surface area contributed by atoms with Crippen molar-refractivity contribution in [2.24, 2.45) is 0 Å². The molecular weight excluding hydrogens is 243 g/mol. The van der Waals surface area contributed by atoms with E-state index in [4.69, 9.17) is 11.6 Å². The second kappa shape index (κ2) is 5.50. The summed E-state index contributed by atoms with van der Waals surface area (Å²) in [5.41, 5.74) is 0.339. The van der Waals surface area contributed by atoms with Gasteiger partial charge in [-0.3, -0.25) is 4.98 Å². The molecule has 0 aliphatic heterocycles. The number of hydrogen-bond acceptors (Lipinski definition) is 2. The van der Waals surface area contributed by atoms with Gasteiger partial charge < -0.3 is 5.11 Å². The molecule has 0 aliphatic rings. The summed E-state index contributed by atoms with van der Waals surface area (Å²) in [6.07, 6.45) is -4.77. The van der Waals surface area contributed by atoms with Crippen molar-refractivity contribution in [3.05, 3.63) is 29.0 Å². The molecular formula is C10H11ClF3NO. The van der Waals surface area contributed by atoms with Gasteiger partial charge in [-0.15, -0.1) is 0 Å². The molecule has 0 saturated heterocycles. The Morgan fingerprint density at radius 2 is 2.06 bits per heavy atom. The van der Waals surface area contributed by atoms with Crippen LogP contribution in [0.4, 0.5) is 13.2 Å². The standard InChI is InChI=1S/C10H11ClF3NO/c11-7-3-4-8(15-6-7)9(16)2-1-5-10(12,13)14/h3-4,6,9,16H,1-2,5H2. The van der Waals surface area contributed by atoms with Crippen molar-refractivity contribution in [2.75, 3.05) is 0 Å². The molecule has 1 heterocycles. The van der Waals surface area contributed by atoms with Crippen LogP contribution in [0.5, 0.6) is 0 Å². The molecule has 0 radical (unpaired) electrons. The second-order valence-corrected chi connectivity index (χ2v) is 3.86. The SMILES string of the molecule is OC(CCCC(F)(F)F)c1ccc(Cl)cn1. The maximum absolute atomic E-state index is 11.8. The zero-order valence-corrected chi connectivity index (χ0v) is 9.09. The first-order chi connectivity index (χ1) is 7.38. The minimum Gasteiger partial charge on any atom is -0.387 e. The Balaban J connectivity index is 2.41. The van der Waals surface area contributed by atoms with E-state index in [1.165, 1.54) is 18.3 Å². The third kappa shape index (κ3) is 4.81. The fraction of sp³-hybridized carbons (Fsp3) is 0.500. The average Bonchev–Trinajstić information content (AvgIpc) is 2.16. The summed E-state index contributed by atoms with van der Waals surface area (Å²) >= 11 is 5.59. The minimum absolute atomic E-state index is 0.0359. The molecule has 0 fully saturated rings. The quantitative estimate of drug-likeness (QED) is 0.891. The molecule has 2 nitrogen and oxygen atoms in total. The number of rotatable bonds is 4. The zero-order chi connectivity index (χ0) is 12.2. The molecule has 1 unspecified atom stereocenters. The van der Waals surface area contributed by atoms with Crippen LogP contribution in [0.3, 0.4) is 0 Å². The first kappa shape index (κ1) is 13.3. The van der Waals surface area contributed by atoms with Crippen LogP contribution in [-0.4, -0.2) is 16.3 Å². The Labute approximate surface area is 96.1 Å². The average molecular weight is 254 g/mol. The van der Waals surface area contributed by atoms with Crippen LogP contribution in [0, 0.1) is 0 Å². The van der Waals surface area contributed by atoms with Crippen molar-refractivity contribution in [3.63, 3.8) is 0 Å². The third-order valence-electron chi connectivity index (χ3n) is 2.03. The summed E-state index contributed by atoms with van der Waals surface area (Å²) in [4.78, 5) is 3.83. The van der Waals surface area contributed by atoms with Gasteiger partial charge >= 0.3 is 6.18 Å². The number of pyridine rings is 1. The molecule has 0 amide bonds. The number of aromatic nitrogens is 1. The summed E-state index contributed by atoms with van der Waals surface area (Å²) in [5, 5.41) is 9.96. The first-order valence-electron chi connectivity index (χ1n) is 4.75. The molecule has 16 heavy (non-hydrogen) atoms. The maximum atomic E-state index is 11.8. The first-order valence-corrected chi connectivity index (χ1v) is 5.12. The van der Waals surface area contributed by atoms with Crippen LogP contribution in [0.2, 0.25) is 5.02 Å². The highest BCUT2D eigenvalue weighted by Crippen LogP contribution is 2.25. The zero-order valence-electron chi connectivity index (χ0n) is 8.34. The van der Waals surface area contributed by atoms with Gasteiger partial charge in [-0.2, -0.15) is 13.2 Å². The van der Waals surface area contributed by atoms with Crippen LogP contribution in [0.15, 0.2) is 18.3 Å². The van der Waals surface area contributed by atoms with Gasteiger partial charge in [-0.25, -0.2) is 0 Å². The molecule has 90 valence electrons. The van der Waals surface area contributed by atoms with Crippen LogP contribution < -0.4 is 0 Å². The van der Waals surface area contributed by atoms with E-state index in [-0.39, 0.29) is 12.8 Å². The summed E-state index contributed by atoms with van der Waals surface area (Å²) < 4.78 is 35.5. The summed E-state index contributed by atoms with van der Waals surface area (Å²) in [7, 11) is 0. The lowest BCUT2D eigenvalue weighted by Crippen LogP contribution is -2.08. The van der Waals surface area contributed by atoms with Crippen molar-refractivity contribution >= 4 is 11.6 Å². The van der Waals surface area contributed by atoms with E-state index in [0.29, 0.717) is 10.7 Å². The van der Waals surface area contributed by atoms with Crippen LogP contribution in [0.25, 0.3) is 0 Å². The van der Waals surface area contributed by atoms with Gasteiger partial charge in [0, 0.05) is 12.6 Å². The number of hydrogen-bond donors (Lipinski definition) is 1. The van der Waals surface area contributed by atoms with Crippen molar-refractivity contribution in [2.45, 2.75) is 31.5 Å². The Morgan fingerprint density at radius 3 is 2.56 bits per heavy atom. The Kier molecular flexibility index (Phi) is 4.56. The highest BCUT2D eigenvalue weighted by Gasteiger charge is 2.26. The predicted molar refractivity (Wildman–Crippen MR) is 54.1 cm³/mol. The van der Waals surface area contributed by atoms with Gasteiger partial charge in [0.05, 0.1) is 16.8 Å². The molecule has 0 bridgehead atoms. The largest absolute Gasteiger partial charge is 0.389 e. The molecule has 6 heteroatoms. The van der Waals surface area contributed by atoms with Crippen LogP contribution in [0.1, 0.15) is 31.1 Å². The highest BCUT2D eigenvalue weighted by atomic mass is 35.5. The molecule has 1 rings (SSSR count). The lowest BCUT2D eigenvalue weighted by Gasteiger charge is -2.11. The van der Waals surface area contributed by atoms with Crippen LogP contribution in [-0.2, 0) is 0 Å². The molecule has 1 aromatic heterocycles. The minimum atomic E-state index is -4.17. The smallest absolute Gasteiger partial charge is 0.387 e. The topological polar surface area (TPSA) is 33.1 Å². The summed E-state index contributed by atoms with van der Waals surface area (Å²) in [6.45, 7) is 0. The van der Waals surface area contributed by atoms with Crippen molar-refractivity contribution in [3.8, 4) is 0 Å². The Hall–Kier alpha value is -0.810. The van der Waals surface area contributed by atoms with Gasteiger partial charge in [0.15, 0.2) is 0 Å². The van der Waals surface area contributed by atoms with E-state index in [2.05, 4.69) is 4.98 Å². The fourth-order valence-electron chi connectivity index (χ4n) is 1.23. The Morgan fingerprint density at radius 1 is 1.38 bits per heavy atom. The highest BCUT2D eigenvalue weighted by molar-refractivity contribution is 6.30. The molecule has 0 aliphatic carbocycles. The monoisotopic (exact) mass is 253 g/mol. The van der Waals surface area contributed by atoms with Gasteiger partial charge in [-0.1, -0.05) is 11.6 Å². The lowest BCUT2D eigenvalue weighted by atomic mass is 10.1. The predicted octanol–water partition coefficient (Wildman–Crippen LogP) is 3.50. The molecule has 1 N–H and O–H groups in total. The maximum Gasteiger partial charge on any atom is 0.389 e. The van der Waals surface area contributed by atoms with E-state index in [1.807, 2.05) is 0 Å².